The lowest BCUT2D eigenvalue weighted by Crippen LogP contribution is -2.47. The highest BCUT2D eigenvalue weighted by Crippen LogP contribution is 2.17. The van der Waals surface area contributed by atoms with Gasteiger partial charge in [-0.15, -0.1) is 6.58 Å². The van der Waals surface area contributed by atoms with Gasteiger partial charge in [0.25, 0.3) is 0 Å². The summed E-state index contributed by atoms with van der Waals surface area (Å²) >= 11 is 0. The van der Waals surface area contributed by atoms with Gasteiger partial charge in [-0.05, 0) is 27.7 Å². The first-order valence-electron chi connectivity index (χ1n) is 4.90. The van der Waals surface area contributed by atoms with Crippen molar-refractivity contribution in [2.24, 2.45) is 0 Å². The Labute approximate surface area is 86.4 Å². The minimum Gasteiger partial charge on any atom is -0.481 e. The Morgan fingerprint density at radius 2 is 2.07 bits per heavy atom. The van der Waals surface area contributed by atoms with E-state index in [1.807, 2.05) is 13.0 Å². The summed E-state index contributed by atoms with van der Waals surface area (Å²) in [6, 6.07) is 0.203. The molecule has 0 rings (SSSR count). The van der Waals surface area contributed by atoms with E-state index in [1.54, 1.807) is 0 Å². The number of nitrogens with zero attached hydrogens (tertiary/aromatic N) is 1. The first-order chi connectivity index (χ1) is 6.29. The summed E-state index contributed by atoms with van der Waals surface area (Å²) in [5.41, 5.74) is -0.0247. The molecule has 1 atom stereocenters. The zero-order chi connectivity index (χ0) is 11.4. The lowest BCUT2D eigenvalue weighted by atomic mass is 10.0. The Morgan fingerprint density at radius 3 is 2.36 bits per heavy atom. The highest BCUT2D eigenvalue weighted by atomic mass is 16.4. The standard InChI is InChI=1S/C11H21NO2/c1-6-9(2)12(11(3,4)5)8-7-10(13)14/h6,9H,1,7-8H2,2-5H3,(H,13,14). The van der Waals surface area contributed by atoms with Crippen LogP contribution in [0.25, 0.3) is 0 Å². The summed E-state index contributed by atoms with van der Waals surface area (Å²) in [5.74, 6) is -0.754. The van der Waals surface area contributed by atoms with Crippen LogP contribution in [0.2, 0.25) is 0 Å². The second-order valence-electron chi connectivity index (χ2n) is 4.48. The molecular formula is C11H21NO2. The Bertz CT molecular complexity index is 206. The molecule has 3 heteroatoms. The Kier molecular flexibility index (Phi) is 4.85. The minimum atomic E-state index is -0.754. The van der Waals surface area contributed by atoms with Crippen molar-refractivity contribution in [1.82, 2.24) is 4.90 Å². The molecule has 0 aromatic rings. The third-order valence-electron chi connectivity index (χ3n) is 2.26. The highest BCUT2D eigenvalue weighted by Gasteiger charge is 2.24. The lowest BCUT2D eigenvalue weighted by Gasteiger charge is -2.38. The van der Waals surface area contributed by atoms with Crippen LogP contribution in [-0.2, 0) is 4.79 Å². The van der Waals surface area contributed by atoms with Crippen molar-refractivity contribution in [2.75, 3.05) is 6.54 Å². The van der Waals surface area contributed by atoms with E-state index in [0.717, 1.165) is 0 Å². The highest BCUT2D eigenvalue weighted by molar-refractivity contribution is 5.66. The Morgan fingerprint density at radius 1 is 1.57 bits per heavy atom. The molecule has 0 amide bonds. The molecule has 1 N–H and O–H groups in total. The van der Waals surface area contributed by atoms with E-state index in [2.05, 4.69) is 32.3 Å². The largest absolute Gasteiger partial charge is 0.481 e. The van der Waals surface area contributed by atoms with Crippen molar-refractivity contribution in [3.63, 3.8) is 0 Å². The molecule has 14 heavy (non-hydrogen) atoms. The molecule has 0 heterocycles. The van der Waals surface area contributed by atoms with Crippen LogP contribution >= 0.6 is 0 Å². The van der Waals surface area contributed by atoms with Crippen LogP contribution in [0.5, 0.6) is 0 Å². The van der Waals surface area contributed by atoms with Gasteiger partial charge >= 0.3 is 5.97 Å². The van der Waals surface area contributed by atoms with Gasteiger partial charge in [-0.3, -0.25) is 9.69 Å². The lowest BCUT2D eigenvalue weighted by molar-refractivity contribution is -0.137. The molecule has 0 saturated carbocycles. The quantitative estimate of drug-likeness (QED) is 0.690. The molecule has 0 aromatic heterocycles. The van der Waals surface area contributed by atoms with E-state index in [4.69, 9.17) is 5.11 Å². The number of hydrogen-bond acceptors (Lipinski definition) is 2. The van der Waals surface area contributed by atoms with Gasteiger partial charge < -0.3 is 5.11 Å². The molecule has 0 spiro atoms. The fraction of sp³-hybridized carbons (Fsp3) is 0.727. The van der Waals surface area contributed by atoms with Gasteiger partial charge in [0.15, 0.2) is 0 Å². The molecule has 0 radical (unpaired) electrons. The number of carboxylic acids is 1. The first kappa shape index (κ1) is 13.2. The molecule has 0 aromatic carbocycles. The molecule has 0 aliphatic carbocycles. The molecule has 82 valence electrons. The van der Waals surface area contributed by atoms with Crippen LogP contribution in [0.4, 0.5) is 0 Å². The minimum absolute atomic E-state index is 0.0247. The maximum Gasteiger partial charge on any atom is 0.304 e. The second-order valence-corrected chi connectivity index (χ2v) is 4.48. The SMILES string of the molecule is C=CC(C)N(CCC(=O)O)C(C)(C)C. The summed E-state index contributed by atoms with van der Waals surface area (Å²) < 4.78 is 0. The average Bonchev–Trinajstić information content (AvgIpc) is 2.01. The van der Waals surface area contributed by atoms with Crippen LogP contribution in [0.15, 0.2) is 12.7 Å². The predicted octanol–water partition coefficient (Wildman–Crippen LogP) is 2.14. The monoisotopic (exact) mass is 199 g/mol. The summed E-state index contributed by atoms with van der Waals surface area (Å²) in [5, 5.41) is 8.63. The summed E-state index contributed by atoms with van der Waals surface area (Å²) in [6.45, 7) is 12.6. The van der Waals surface area contributed by atoms with Gasteiger partial charge in [0, 0.05) is 18.1 Å². The van der Waals surface area contributed by atoms with E-state index in [1.165, 1.54) is 0 Å². The van der Waals surface area contributed by atoms with Crippen LogP contribution in [-0.4, -0.2) is 34.1 Å². The average molecular weight is 199 g/mol. The first-order valence-corrected chi connectivity index (χ1v) is 4.90. The van der Waals surface area contributed by atoms with Gasteiger partial charge in [-0.1, -0.05) is 6.08 Å². The summed E-state index contributed by atoms with van der Waals surface area (Å²) in [6.07, 6.45) is 2.02. The van der Waals surface area contributed by atoms with Crippen LogP contribution < -0.4 is 0 Å². The molecule has 0 aliphatic heterocycles. The molecule has 0 fully saturated rings. The molecule has 1 unspecified atom stereocenters. The van der Waals surface area contributed by atoms with Gasteiger partial charge in [0.05, 0.1) is 6.42 Å². The van der Waals surface area contributed by atoms with E-state index in [0.29, 0.717) is 6.54 Å². The number of carboxylic acid groups (broad SMARTS) is 1. The fourth-order valence-corrected chi connectivity index (χ4v) is 1.49. The maximum atomic E-state index is 10.5. The predicted molar refractivity (Wildman–Crippen MR) is 58.4 cm³/mol. The van der Waals surface area contributed by atoms with Gasteiger partial charge in [0.2, 0.25) is 0 Å². The normalized spacial score (nSPS) is 14.1. The van der Waals surface area contributed by atoms with Gasteiger partial charge in [-0.25, -0.2) is 0 Å². The van der Waals surface area contributed by atoms with Crippen molar-refractivity contribution in [1.29, 1.82) is 0 Å². The number of carbonyl (C=O) groups is 1. The topological polar surface area (TPSA) is 40.5 Å². The zero-order valence-electron chi connectivity index (χ0n) is 9.58. The van der Waals surface area contributed by atoms with Crippen LogP contribution in [0, 0.1) is 0 Å². The third-order valence-corrected chi connectivity index (χ3v) is 2.26. The maximum absolute atomic E-state index is 10.5. The van der Waals surface area contributed by atoms with E-state index >= 15 is 0 Å². The third kappa shape index (κ3) is 4.42. The van der Waals surface area contributed by atoms with Crippen molar-refractivity contribution in [3.05, 3.63) is 12.7 Å². The van der Waals surface area contributed by atoms with Crippen molar-refractivity contribution in [3.8, 4) is 0 Å². The number of rotatable bonds is 5. The Hall–Kier alpha value is -0.830. The van der Waals surface area contributed by atoms with Crippen molar-refractivity contribution < 1.29 is 9.90 Å². The second kappa shape index (κ2) is 5.15. The number of aliphatic carboxylic acids is 1. The molecule has 0 aliphatic rings. The van der Waals surface area contributed by atoms with E-state index in [9.17, 15) is 4.79 Å². The summed E-state index contributed by atoms with van der Waals surface area (Å²) in [4.78, 5) is 12.6. The van der Waals surface area contributed by atoms with Gasteiger partial charge in [0.1, 0.15) is 0 Å². The van der Waals surface area contributed by atoms with E-state index < -0.39 is 5.97 Å². The number of hydrogen-bond donors (Lipinski definition) is 1. The van der Waals surface area contributed by atoms with Crippen LogP contribution in [0.1, 0.15) is 34.1 Å². The smallest absolute Gasteiger partial charge is 0.304 e. The summed E-state index contributed by atoms with van der Waals surface area (Å²) in [7, 11) is 0. The van der Waals surface area contributed by atoms with Crippen molar-refractivity contribution in [2.45, 2.75) is 45.7 Å². The molecule has 3 nitrogen and oxygen atoms in total. The van der Waals surface area contributed by atoms with E-state index in [-0.39, 0.29) is 18.0 Å². The molecule has 0 saturated heterocycles. The molecule has 0 bridgehead atoms. The zero-order valence-corrected chi connectivity index (χ0v) is 9.58. The fourth-order valence-electron chi connectivity index (χ4n) is 1.49. The van der Waals surface area contributed by atoms with Gasteiger partial charge in [-0.2, -0.15) is 0 Å². The van der Waals surface area contributed by atoms with Crippen LogP contribution in [0.3, 0.4) is 0 Å². The Balaban J connectivity index is 4.41. The van der Waals surface area contributed by atoms with Crippen molar-refractivity contribution >= 4 is 5.97 Å². The molecular weight excluding hydrogens is 178 g/mol.